The minimum atomic E-state index is -0.917. The fourth-order valence-corrected chi connectivity index (χ4v) is 1.76. The molecule has 0 aliphatic heterocycles. The Balaban J connectivity index is 3.34. The summed E-state index contributed by atoms with van der Waals surface area (Å²) < 4.78 is 2.10. The molecule has 60 valence electrons. The molecular formula is C6H7IN2O2. The lowest BCUT2D eigenvalue weighted by atomic mass is 10.3. The Labute approximate surface area is 77.4 Å². The summed E-state index contributed by atoms with van der Waals surface area (Å²) in [7, 11) is 1.73. The van der Waals surface area contributed by atoms with Crippen LogP contribution in [0.25, 0.3) is 0 Å². The van der Waals surface area contributed by atoms with Gasteiger partial charge in [0.25, 0.3) is 0 Å². The highest BCUT2D eigenvalue weighted by Crippen LogP contribution is 2.14. The first-order valence-electron chi connectivity index (χ1n) is 2.96. The zero-order valence-electron chi connectivity index (χ0n) is 6.13. The number of carboxylic acid groups (broad SMARTS) is 1. The summed E-state index contributed by atoms with van der Waals surface area (Å²) in [5.41, 5.74) is 0.981. The van der Waals surface area contributed by atoms with Crippen molar-refractivity contribution < 1.29 is 9.90 Å². The Hall–Kier alpha value is -0.590. The topological polar surface area (TPSA) is 55.1 Å². The monoisotopic (exact) mass is 266 g/mol. The molecule has 0 spiro atoms. The third kappa shape index (κ3) is 1.37. The average molecular weight is 266 g/mol. The first-order valence-corrected chi connectivity index (χ1v) is 4.04. The van der Waals surface area contributed by atoms with Gasteiger partial charge < -0.3 is 5.11 Å². The van der Waals surface area contributed by atoms with Crippen LogP contribution in [0.15, 0.2) is 0 Å². The van der Waals surface area contributed by atoms with E-state index in [1.54, 1.807) is 18.7 Å². The van der Waals surface area contributed by atoms with E-state index in [1.165, 1.54) is 0 Å². The Bertz CT molecular complexity index is 306. The van der Waals surface area contributed by atoms with Gasteiger partial charge in [0.15, 0.2) is 0 Å². The van der Waals surface area contributed by atoms with E-state index in [0.29, 0.717) is 15.0 Å². The summed E-state index contributed by atoms with van der Waals surface area (Å²) in [5, 5.41) is 12.7. The second-order valence-electron chi connectivity index (χ2n) is 2.18. The largest absolute Gasteiger partial charge is 0.478 e. The molecule has 1 aromatic rings. The molecule has 1 N–H and O–H groups in total. The maximum atomic E-state index is 10.6. The molecule has 4 nitrogen and oxygen atoms in total. The molecule has 0 atom stereocenters. The minimum absolute atomic E-state index is 0.299. The van der Waals surface area contributed by atoms with Gasteiger partial charge in [-0.2, -0.15) is 5.10 Å². The van der Waals surface area contributed by atoms with Crippen molar-refractivity contribution in [2.24, 2.45) is 7.05 Å². The molecule has 1 rings (SSSR count). The minimum Gasteiger partial charge on any atom is -0.478 e. The van der Waals surface area contributed by atoms with E-state index in [-0.39, 0.29) is 0 Å². The van der Waals surface area contributed by atoms with Crippen LogP contribution in [0.5, 0.6) is 0 Å². The molecule has 0 aromatic carbocycles. The summed E-state index contributed by atoms with van der Waals surface area (Å²) in [4.78, 5) is 10.6. The molecule has 5 heteroatoms. The van der Waals surface area contributed by atoms with Crippen molar-refractivity contribution in [3.8, 4) is 0 Å². The van der Waals surface area contributed by atoms with E-state index in [9.17, 15) is 4.79 Å². The van der Waals surface area contributed by atoms with E-state index >= 15 is 0 Å². The summed E-state index contributed by atoms with van der Waals surface area (Å²) >= 11 is 1.91. The van der Waals surface area contributed by atoms with Gasteiger partial charge in [-0.3, -0.25) is 4.68 Å². The molecule has 11 heavy (non-hydrogen) atoms. The lowest BCUT2D eigenvalue weighted by Crippen LogP contribution is -2.00. The highest BCUT2D eigenvalue weighted by molar-refractivity contribution is 14.1. The standard InChI is InChI=1S/C6H7IN2O2/c1-3-4(6(10)11)5(7)8-9(3)2/h1-2H3,(H,10,11). The third-order valence-corrected chi connectivity index (χ3v) is 2.26. The van der Waals surface area contributed by atoms with Gasteiger partial charge in [-0.1, -0.05) is 0 Å². The van der Waals surface area contributed by atoms with Crippen LogP contribution in [0.1, 0.15) is 16.1 Å². The smallest absolute Gasteiger partial charge is 0.340 e. The van der Waals surface area contributed by atoms with Crippen LogP contribution in [0.4, 0.5) is 0 Å². The van der Waals surface area contributed by atoms with Crippen LogP contribution >= 0.6 is 22.6 Å². The van der Waals surface area contributed by atoms with E-state index in [4.69, 9.17) is 5.11 Å². The van der Waals surface area contributed by atoms with Gasteiger partial charge in [-0.25, -0.2) is 4.79 Å². The van der Waals surface area contributed by atoms with Crippen LogP contribution in [0.2, 0.25) is 0 Å². The van der Waals surface area contributed by atoms with Crippen molar-refractivity contribution in [3.05, 3.63) is 15.0 Å². The van der Waals surface area contributed by atoms with Crippen LogP contribution in [0, 0.1) is 10.6 Å². The van der Waals surface area contributed by atoms with Crippen molar-refractivity contribution >= 4 is 28.6 Å². The highest BCUT2D eigenvalue weighted by atomic mass is 127. The van der Waals surface area contributed by atoms with Crippen molar-refractivity contribution in [1.82, 2.24) is 9.78 Å². The Morgan fingerprint density at radius 2 is 2.27 bits per heavy atom. The molecule has 1 heterocycles. The SMILES string of the molecule is Cc1c(C(=O)O)c(I)nn1C. The number of hydrogen-bond acceptors (Lipinski definition) is 2. The summed E-state index contributed by atoms with van der Waals surface area (Å²) in [6, 6.07) is 0. The number of aryl methyl sites for hydroxylation is 1. The van der Waals surface area contributed by atoms with Crippen LogP contribution in [-0.4, -0.2) is 20.9 Å². The van der Waals surface area contributed by atoms with E-state index in [1.807, 2.05) is 22.6 Å². The fourth-order valence-electron chi connectivity index (χ4n) is 0.811. The van der Waals surface area contributed by atoms with Gasteiger partial charge in [0.1, 0.15) is 9.26 Å². The lowest BCUT2D eigenvalue weighted by molar-refractivity contribution is 0.0695. The zero-order valence-corrected chi connectivity index (χ0v) is 8.29. The number of nitrogens with zero attached hydrogens (tertiary/aromatic N) is 2. The molecule has 0 aliphatic carbocycles. The molecule has 0 aliphatic rings. The number of aromatic nitrogens is 2. The Kier molecular flexibility index (Phi) is 2.17. The Morgan fingerprint density at radius 1 is 1.73 bits per heavy atom. The van der Waals surface area contributed by atoms with Gasteiger partial charge in [-0.05, 0) is 29.5 Å². The maximum absolute atomic E-state index is 10.6. The molecule has 0 bridgehead atoms. The predicted molar refractivity (Wildman–Crippen MR) is 47.6 cm³/mol. The zero-order chi connectivity index (χ0) is 8.59. The van der Waals surface area contributed by atoms with E-state index in [2.05, 4.69) is 5.10 Å². The summed E-state index contributed by atoms with van der Waals surface area (Å²) in [5.74, 6) is -0.917. The molecule has 0 radical (unpaired) electrons. The first kappa shape index (κ1) is 8.51. The highest BCUT2D eigenvalue weighted by Gasteiger charge is 2.16. The van der Waals surface area contributed by atoms with Crippen molar-refractivity contribution in [2.75, 3.05) is 0 Å². The number of carbonyl (C=O) groups is 1. The quantitative estimate of drug-likeness (QED) is 0.772. The van der Waals surface area contributed by atoms with Crippen LogP contribution in [-0.2, 0) is 7.05 Å². The summed E-state index contributed by atoms with van der Waals surface area (Å²) in [6.07, 6.45) is 0. The normalized spacial score (nSPS) is 10.1. The van der Waals surface area contributed by atoms with Gasteiger partial charge in [0, 0.05) is 7.05 Å². The second-order valence-corrected chi connectivity index (χ2v) is 3.20. The lowest BCUT2D eigenvalue weighted by Gasteiger charge is -1.92. The van der Waals surface area contributed by atoms with Gasteiger partial charge in [0.2, 0.25) is 0 Å². The predicted octanol–water partition coefficient (Wildman–Crippen LogP) is 1.03. The molecular weight excluding hydrogens is 259 g/mol. The Morgan fingerprint density at radius 3 is 2.45 bits per heavy atom. The molecule has 0 fully saturated rings. The number of hydrogen-bond donors (Lipinski definition) is 1. The maximum Gasteiger partial charge on any atom is 0.340 e. The molecule has 1 aromatic heterocycles. The van der Waals surface area contributed by atoms with Crippen molar-refractivity contribution in [3.63, 3.8) is 0 Å². The van der Waals surface area contributed by atoms with E-state index < -0.39 is 5.97 Å². The molecule has 0 saturated carbocycles. The second kappa shape index (κ2) is 2.80. The van der Waals surface area contributed by atoms with Gasteiger partial charge in [-0.15, -0.1) is 0 Å². The van der Waals surface area contributed by atoms with Crippen LogP contribution < -0.4 is 0 Å². The number of aromatic carboxylic acids is 1. The summed E-state index contributed by atoms with van der Waals surface area (Å²) in [6.45, 7) is 1.73. The molecule has 0 saturated heterocycles. The van der Waals surface area contributed by atoms with E-state index in [0.717, 1.165) is 0 Å². The van der Waals surface area contributed by atoms with Gasteiger partial charge in [0.05, 0.1) is 5.69 Å². The number of halogens is 1. The number of rotatable bonds is 1. The fraction of sp³-hybridized carbons (Fsp3) is 0.333. The van der Waals surface area contributed by atoms with Crippen LogP contribution in [0.3, 0.4) is 0 Å². The van der Waals surface area contributed by atoms with Gasteiger partial charge >= 0.3 is 5.97 Å². The average Bonchev–Trinajstić information content (AvgIpc) is 2.07. The van der Waals surface area contributed by atoms with Crippen molar-refractivity contribution in [1.29, 1.82) is 0 Å². The van der Waals surface area contributed by atoms with Crippen molar-refractivity contribution in [2.45, 2.75) is 6.92 Å². The third-order valence-electron chi connectivity index (χ3n) is 1.51. The molecule has 0 amide bonds. The number of carboxylic acids is 1. The first-order chi connectivity index (χ1) is 5.04. The molecule has 0 unspecified atom stereocenters.